The van der Waals surface area contributed by atoms with Crippen LogP contribution in [0, 0.1) is 17.8 Å². The average Bonchev–Trinajstić information content (AvgIpc) is 2.83. The molecule has 0 aliphatic heterocycles. The minimum Gasteiger partial charge on any atom is -0.494 e. The Labute approximate surface area is 169 Å². The highest BCUT2D eigenvalue weighted by Gasteiger charge is 2.54. The number of para-hydroxylation sites is 1. The van der Waals surface area contributed by atoms with E-state index in [1.54, 1.807) is 0 Å². The summed E-state index contributed by atoms with van der Waals surface area (Å²) in [5, 5.41) is 11.0. The lowest BCUT2D eigenvalue weighted by Crippen LogP contribution is -2.49. The maximum absolute atomic E-state index is 13.2. The third-order valence-corrected chi connectivity index (χ3v) is 7.28. The summed E-state index contributed by atoms with van der Waals surface area (Å²) in [5.41, 5.74) is -0.452. The number of carbonyl (C=O) groups is 1. The smallest absolute Gasteiger partial charge is 0.223 e. The zero-order valence-corrected chi connectivity index (χ0v) is 17.3. The SMILES string of the molecule is CC(C)N(C(=O)CCCOc1ccccc1)C1CCC2CC3CC(O)(C2)CC31. The average molecular weight is 386 g/mol. The first-order valence-corrected chi connectivity index (χ1v) is 11.2. The molecule has 4 rings (SSSR count). The van der Waals surface area contributed by atoms with E-state index < -0.39 is 5.60 Å². The summed E-state index contributed by atoms with van der Waals surface area (Å²) >= 11 is 0. The van der Waals surface area contributed by atoms with Gasteiger partial charge in [-0.15, -0.1) is 0 Å². The molecule has 3 aliphatic rings. The summed E-state index contributed by atoms with van der Waals surface area (Å²) in [6, 6.07) is 10.3. The van der Waals surface area contributed by atoms with Crippen LogP contribution < -0.4 is 4.74 Å². The highest BCUT2D eigenvalue weighted by atomic mass is 16.5. The van der Waals surface area contributed by atoms with Crippen LogP contribution in [-0.2, 0) is 4.79 Å². The Balaban J connectivity index is 1.37. The number of nitrogens with zero attached hydrogens (tertiary/aromatic N) is 1. The number of hydrogen-bond donors (Lipinski definition) is 1. The molecule has 0 radical (unpaired) electrons. The molecule has 1 N–H and O–H groups in total. The number of benzene rings is 1. The van der Waals surface area contributed by atoms with E-state index in [9.17, 15) is 9.90 Å². The minimum atomic E-state index is -0.452. The van der Waals surface area contributed by atoms with Crippen molar-refractivity contribution >= 4 is 5.91 Å². The van der Waals surface area contributed by atoms with Crippen molar-refractivity contribution in [3.8, 4) is 5.75 Å². The zero-order valence-electron chi connectivity index (χ0n) is 17.3. The van der Waals surface area contributed by atoms with Crippen molar-refractivity contribution in [1.82, 2.24) is 4.90 Å². The van der Waals surface area contributed by atoms with Crippen molar-refractivity contribution < 1.29 is 14.6 Å². The molecule has 0 saturated heterocycles. The molecule has 4 heteroatoms. The monoisotopic (exact) mass is 385 g/mol. The van der Waals surface area contributed by atoms with Crippen LogP contribution in [0.4, 0.5) is 0 Å². The van der Waals surface area contributed by atoms with Gasteiger partial charge in [0.1, 0.15) is 5.75 Å². The fourth-order valence-electron chi connectivity index (χ4n) is 6.35. The van der Waals surface area contributed by atoms with Gasteiger partial charge in [-0.1, -0.05) is 18.2 Å². The highest BCUT2D eigenvalue weighted by Crippen LogP contribution is 2.56. The van der Waals surface area contributed by atoms with E-state index in [1.165, 1.54) is 6.42 Å². The molecule has 4 nitrogen and oxygen atoms in total. The van der Waals surface area contributed by atoms with Crippen LogP contribution in [0.15, 0.2) is 30.3 Å². The Morgan fingerprint density at radius 3 is 2.75 bits per heavy atom. The molecule has 0 spiro atoms. The van der Waals surface area contributed by atoms with Crippen LogP contribution >= 0.6 is 0 Å². The van der Waals surface area contributed by atoms with Gasteiger partial charge in [0.25, 0.3) is 0 Å². The maximum atomic E-state index is 13.2. The lowest BCUT2D eigenvalue weighted by Gasteiger charge is -2.40. The van der Waals surface area contributed by atoms with E-state index in [-0.39, 0.29) is 11.9 Å². The van der Waals surface area contributed by atoms with Crippen molar-refractivity contribution in [1.29, 1.82) is 0 Å². The molecular weight excluding hydrogens is 350 g/mol. The van der Waals surface area contributed by atoms with Crippen molar-refractivity contribution in [2.45, 2.75) is 82.9 Å². The van der Waals surface area contributed by atoms with Crippen LogP contribution in [0.2, 0.25) is 0 Å². The van der Waals surface area contributed by atoms with E-state index in [1.807, 2.05) is 30.3 Å². The highest BCUT2D eigenvalue weighted by molar-refractivity contribution is 5.77. The molecule has 3 fully saturated rings. The number of aliphatic hydroxyl groups is 1. The molecule has 154 valence electrons. The first kappa shape index (κ1) is 19.8. The Morgan fingerprint density at radius 1 is 1.21 bits per heavy atom. The van der Waals surface area contributed by atoms with Crippen LogP contribution in [0.25, 0.3) is 0 Å². The summed E-state index contributed by atoms with van der Waals surface area (Å²) < 4.78 is 5.76. The standard InChI is InChI=1S/C24H35NO3/c1-17(2)25(23(26)9-6-12-28-20-7-4-3-5-8-20)22-11-10-18-13-19-15-24(27,14-18)16-21(19)22/h3-5,7-8,17-19,21-22,27H,6,9-16H2,1-2H3. The first-order valence-electron chi connectivity index (χ1n) is 11.2. The fraction of sp³-hybridized carbons (Fsp3) is 0.708. The minimum absolute atomic E-state index is 0.206. The van der Waals surface area contributed by atoms with Crippen molar-refractivity contribution in [3.05, 3.63) is 30.3 Å². The maximum Gasteiger partial charge on any atom is 0.223 e. The Morgan fingerprint density at radius 2 is 2.00 bits per heavy atom. The quantitative estimate of drug-likeness (QED) is 0.707. The topological polar surface area (TPSA) is 49.8 Å². The van der Waals surface area contributed by atoms with Crippen molar-refractivity contribution in [2.24, 2.45) is 17.8 Å². The molecule has 1 aromatic rings. The molecule has 3 saturated carbocycles. The Hall–Kier alpha value is -1.55. The third-order valence-electron chi connectivity index (χ3n) is 7.28. The summed E-state index contributed by atoms with van der Waals surface area (Å²) in [6.45, 7) is 4.85. The zero-order chi connectivity index (χ0) is 19.7. The van der Waals surface area contributed by atoms with E-state index >= 15 is 0 Å². The molecule has 1 aromatic carbocycles. The predicted molar refractivity (Wildman–Crippen MR) is 110 cm³/mol. The number of ether oxygens (including phenoxy) is 1. The van der Waals surface area contributed by atoms with Gasteiger partial charge >= 0.3 is 0 Å². The Kier molecular flexibility index (Phi) is 5.69. The summed E-state index contributed by atoms with van der Waals surface area (Å²) in [4.78, 5) is 15.3. The molecule has 5 atom stereocenters. The summed E-state index contributed by atoms with van der Waals surface area (Å²) in [6.07, 6.45) is 7.63. The molecule has 28 heavy (non-hydrogen) atoms. The number of hydrogen-bond acceptors (Lipinski definition) is 3. The van der Waals surface area contributed by atoms with Gasteiger partial charge in [-0.05, 0) is 88.7 Å². The Bertz CT molecular complexity index is 676. The van der Waals surface area contributed by atoms with Gasteiger partial charge in [0.15, 0.2) is 0 Å². The number of amides is 1. The van der Waals surface area contributed by atoms with Gasteiger partial charge in [0.05, 0.1) is 12.2 Å². The lowest BCUT2D eigenvalue weighted by atomic mass is 9.77. The number of fused-ring (bicyclic) bond motifs is 2. The van der Waals surface area contributed by atoms with E-state index in [0.717, 1.165) is 44.3 Å². The van der Waals surface area contributed by atoms with E-state index in [2.05, 4.69) is 18.7 Å². The van der Waals surface area contributed by atoms with Crippen LogP contribution in [0.3, 0.4) is 0 Å². The molecule has 5 unspecified atom stereocenters. The molecule has 1 amide bonds. The van der Waals surface area contributed by atoms with Crippen molar-refractivity contribution in [3.63, 3.8) is 0 Å². The molecule has 0 aromatic heterocycles. The molecule has 3 aliphatic carbocycles. The fourth-order valence-corrected chi connectivity index (χ4v) is 6.35. The lowest BCUT2D eigenvalue weighted by molar-refractivity contribution is -0.138. The molecular formula is C24H35NO3. The van der Waals surface area contributed by atoms with Crippen LogP contribution in [0.1, 0.15) is 65.2 Å². The van der Waals surface area contributed by atoms with Crippen LogP contribution in [-0.4, -0.2) is 40.2 Å². The van der Waals surface area contributed by atoms with Gasteiger partial charge in [-0.2, -0.15) is 0 Å². The van der Waals surface area contributed by atoms with Gasteiger partial charge in [-0.3, -0.25) is 4.79 Å². The summed E-state index contributed by atoms with van der Waals surface area (Å²) in [7, 11) is 0. The van der Waals surface area contributed by atoms with Gasteiger partial charge in [-0.25, -0.2) is 0 Å². The largest absolute Gasteiger partial charge is 0.494 e. The van der Waals surface area contributed by atoms with Gasteiger partial charge < -0.3 is 14.7 Å². The second-order valence-electron chi connectivity index (χ2n) is 9.67. The van der Waals surface area contributed by atoms with Crippen molar-refractivity contribution in [2.75, 3.05) is 6.61 Å². The predicted octanol–water partition coefficient (Wildman–Crippen LogP) is 4.41. The second kappa shape index (κ2) is 8.06. The normalized spacial score (nSPS) is 33.7. The number of carbonyl (C=O) groups excluding carboxylic acids is 1. The van der Waals surface area contributed by atoms with E-state index in [4.69, 9.17) is 4.74 Å². The number of rotatable bonds is 7. The second-order valence-corrected chi connectivity index (χ2v) is 9.67. The first-order chi connectivity index (χ1) is 13.5. The van der Waals surface area contributed by atoms with Gasteiger partial charge in [0.2, 0.25) is 5.91 Å². The summed E-state index contributed by atoms with van der Waals surface area (Å²) in [5.74, 6) is 2.85. The van der Waals surface area contributed by atoms with Gasteiger partial charge in [0, 0.05) is 18.5 Å². The molecule has 3 bridgehead atoms. The van der Waals surface area contributed by atoms with Crippen LogP contribution in [0.5, 0.6) is 5.75 Å². The third kappa shape index (κ3) is 4.07. The van der Waals surface area contributed by atoms with E-state index in [0.29, 0.717) is 36.8 Å². The molecule has 0 heterocycles.